The van der Waals surface area contributed by atoms with Gasteiger partial charge in [0.15, 0.2) is 12.0 Å². The monoisotopic (exact) mass is 566 g/mol. The fourth-order valence-corrected chi connectivity index (χ4v) is 7.18. The first-order chi connectivity index (χ1) is 19.7. The molecular weight excluding hydrogens is 536 g/mol. The van der Waals surface area contributed by atoms with Gasteiger partial charge >= 0.3 is 0 Å². The summed E-state index contributed by atoms with van der Waals surface area (Å²) in [7, 11) is 0. The highest BCUT2D eigenvalue weighted by atomic mass is 32.1. The summed E-state index contributed by atoms with van der Waals surface area (Å²) in [4.78, 5) is 29.0. The number of nitriles is 1. The fraction of sp³-hybridized carbons (Fsp3) is 0.258. The number of Topliss-reactive ketones (excluding diaryl/α,β-unsaturated/α-hetero) is 1. The Bertz CT molecular complexity index is 1720. The number of nitrogens with one attached hydrogen (secondary N) is 1. The number of rotatable bonds is 5. The summed E-state index contributed by atoms with van der Waals surface area (Å²) in [5.41, 5.74) is 21.6. The number of para-hydroxylation sites is 1. The number of carbonyl (C=O) groups is 2. The van der Waals surface area contributed by atoms with Crippen molar-refractivity contribution >= 4 is 43.8 Å². The minimum atomic E-state index is -1.53. The van der Waals surface area contributed by atoms with Crippen molar-refractivity contribution in [3.05, 3.63) is 82.9 Å². The Morgan fingerprint density at radius 2 is 1.80 bits per heavy atom. The molecule has 1 aliphatic heterocycles. The molecule has 0 spiro atoms. The predicted octanol–water partition coefficient (Wildman–Crippen LogP) is 4.50. The number of hydrogen-bond acceptors (Lipinski definition) is 9. The number of thiophene rings is 1. The van der Waals surface area contributed by atoms with Crippen LogP contribution in [0.4, 0.5) is 10.7 Å². The number of likely N-dealkylation sites (tertiary alicyclic amines) is 1. The van der Waals surface area contributed by atoms with Gasteiger partial charge in [-0.25, -0.2) is 0 Å². The minimum Gasteiger partial charge on any atom is -0.457 e. The van der Waals surface area contributed by atoms with Crippen LogP contribution < -0.4 is 27.3 Å². The third-order valence-electron chi connectivity index (χ3n) is 8.16. The molecular formula is C31H30N6O3S. The van der Waals surface area contributed by atoms with Gasteiger partial charge in [0.25, 0.3) is 0 Å². The standard InChI is InChI=1S/C31H30N6O3S/c1-17-15-20(40-19-5-3-2-4-6-19)7-8-21(17)31(35)22-9-10-23(33)27-24(22)25(26(34)28(31)38)30(41-27)36-29(39)18-11-13-37(16-32)14-12-18/h2-10,15,18,26H,11-14,33-35H2,1H3,(H,36,39). The summed E-state index contributed by atoms with van der Waals surface area (Å²) in [5.74, 6) is 0.563. The largest absolute Gasteiger partial charge is 0.457 e. The lowest BCUT2D eigenvalue weighted by Gasteiger charge is -2.37. The van der Waals surface area contributed by atoms with Crippen LogP contribution in [0.5, 0.6) is 11.5 Å². The van der Waals surface area contributed by atoms with Crippen LogP contribution in [0, 0.1) is 24.3 Å². The van der Waals surface area contributed by atoms with Crippen molar-refractivity contribution < 1.29 is 14.3 Å². The zero-order valence-electron chi connectivity index (χ0n) is 22.5. The van der Waals surface area contributed by atoms with Crippen molar-refractivity contribution in [3.63, 3.8) is 0 Å². The van der Waals surface area contributed by atoms with Crippen molar-refractivity contribution in [1.29, 1.82) is 5.26 Å². The number of aryl methyl sites for hydroxylation is 1. The Morgan fingerprint density at radius 3 is 2.49 bits per heavy atom. The quantitative estimate of drug-likeness (QED) is 0.203. The predicted molar refractivity (Wildman–Crippen MR) is 159 cm³/mol. The number of nitrogen functional groups attached to an aromatic ring is 1. The first-order valence-corrected chi connectivity index (χ1v) is 14.3. The third kappa shape index (κ3) is 4.39. The molecule has 2 unspecified atom stereocenters. The molecule has 1 aliphatic carbocycles. The molecule has 10 heteroatoms. The normalized spacial score (nSPS) is 20.6. The number of ether oxygens (including phenoxy) is 1. The minimum absolute atomic E-state index is 0.153. The molecule has 0 saturated carbocycles. The maximum absolute atomic E-state index is 14.1. The molecule has 1 amide bonds. The highest BCUT2D eigenvalue weighted by Crippen LogP contribution is 2.52. The highest BCUT2D eigenvalue weighted by molar-refractivity contribution is 7.24. The molecule has 9 nitrogen and oxygen atoms in total. The van der Waals surface area contributed by atoms with Gasteiger partial charge in [-0.2, -0.15) is 5.26 Å². The molecule has 2 heterocycles. The van der Waals surface area contributed by atoms with Gasteiger partial charge in [-0.1, -0.05) is 30.3 Å². The Hall–Kier alpha value is -4.43. The van der Waals surface area contributed by atoms with E-state index in [-0.39, 0.29) is 17.6 Å². The number of benzene rings is 3. The van der Waals surface area contributed by atoms with E-state index in [0.29, 0.717) is 70.2 Å². The van der Waals surface area contributed by atoms with Crippen molar-refractivity contribution in [2.75, 3.05) is 24.1 Å². The Labute approximate surface area is 241 Å². The Kier molecular flexibility index (Phi) is 6.66. The van der Waals surface area contributed by atoms with Crippen LogP contribution in [-0.4, -0.2) is 29.7 Å². The van der Waals surface area contributed by atoms with Crippen molar-refractivity contribution in [2.45, 2.75) is 31.3 Å². The number of ketones is 1. The second-order valence-electron chi connectivity index (χ2n) is 10.6. The number of nitrogens with zero attached hydrogens (tertiary/aromatic N) is 2. The van der Waals surface area contributed by atoms with E-state index < -0.39 is 11.6 Å². The van der Waals surface area contributed by atoms with E-state index in [1.165, 1.54) is 11.3 Å². The van der Waals surface area contributed by atoms with E-state index in [1.54, 1.807) is 23.1 Å². The maximum Gasteiger partial charge on any atom is 0.228 e. The van der Waals surface area contributed by atoms with Crippen molar-refractivity contribution in [1.82, 2.24) is 4.90 Å². The molecule has 208 valence electrons. The van der Waals surface area contributed by atoms with E-state index in [4.69, 9.17) is 27.2 Å². The van der Waals surface area contributed by atoms with Gasteiger partial charge in [0, 0.05) is 35.6 Å². The molecule has 1 aromatic heterocycles. The lowest BCUT2D eigenvalue weighted by molar-refractivity contribution is -0.125. The van der Waals surface area contributed by atoms with E-state index in [2.05, 4.69) is 11.5 Å². The van der Waals surface area contributed by atoms with Gasteiger partial charge in [0.05, 0.1) is 10.7 Å². The van der Waals surface area contributed by atoms with Crippen LogP contribution in [0.25, 0.3) is 10.1 Å². The average Bonchev–Trinajstić information content (AvgIpc) is 3.36. The van der Waals surface area contributed by atoms with Gasteiger partial charge in [0.2, 0.25) is 5.91 Å². The molecule has 2 atom stereocenters. The molecule has 4 aromatic rings. The topological polar surface area (TPSA) is 160 Å². The van der Waals surface area contributed by atoms with Gasteiger partial charge < -0.3 is 32.2 Å². The zero-order valence-corrected chi connectivity index (χ0v) is 23.3. The van der Waals surface area contributed by atoms with E-state index in [9.17, 15) is 9.59 Å². The van der Waals surface area contributed by atoms with Crippen LogP contribution in [0.3, 0.4) is 0 Å². The lowest BCUT2D eigenvalue weighted by atomic mass is 9.70. The first-order valence-electron chi connectivity index (χ1n) is 13.5. The summed E-state index contributed by atoms with van der Waals surface area (Å²) >= 11 is 1.31. The van der Waals surface area contributed by atoms with Gasteiger partial charge in [-0.15, -0.1) is 11.3 Å². The number of amides is 1. The molecule has 0 radical (unpaired) electrons. The molecule has 6 rings (SSSR count). The average molecular weight is 567 g/mol. The van der Waals surface area contributed by atoms with Crippen LogP contribution in [0.2, 0.25) is 0 Å². The number of hydrogen-bond donors (Lipinski definition) is 4. The summed E-state index contributed by atoms with van der Waals surface area (Å²) < 4.78 is 6.72. The summed E-state index contributed by atoms with van der Waals surface area (Å²) in [6.45, 7) is 2.96. The Balaban J connectivity index is 1.39. The Morgan fingerprint density at radius 1 is 1.10 bits per heavy atom. The van der Waals surface area contributed by atoms with E-state index in [0.717, 1.165) is 10.3 Å². The molecule has 3 aromatic carbocycles. The molecule has 41 heavy (non-hydrogen) atoms. The molecule has 0 bridgehead atoms. The molecule has 1 saturated heterocycles. The van der Waals surface area contributed by atoms with Crippen molar-refractivity contribution in [2.24, 2.45) is 17.4 Å². The second kappa shape index (κ2) is 10.2. The van der Waals surface area contributed by atoms with Gasteiger partial charge in [-0.05, 0) is 66.8 Å². The van der Waals surface area contributed by atoms with Gasteiger partial charge in [-0.3, -0.25) is 9.59 Å². The number of carbonyl (C=O) groups excluding carboxylic acids is 2. The first kappa shape index (κ1) is 26.8. The smallest absolute Gasteiger partial charge is 0.228 e. The zero-order chi connectivity index (χ0) is 28.9. The third-order valence-corrected chi connectivity index (χ3v) is 9.33. The molecule has 7 N–H and O–H groups in total. The molecule has 1 fully saturated rings. The molecule has 2 aliphatic rings. The van der Waals surface area contributed by atoms with Crippen LogP contribution >= 0.6 is 11.3 Å². The summed E-state index contributed by atoms with van der Waals surface area (Å²) in [6.07, 6.45) is 3.29. The fourth-order valence-electron chi connectivity index (χ4n) is 5.97. The maximum atomic E-state index is 14.1. The van der Waals surface area contributed by atoms with E-state index in [1.807, 2.05) is 49.4 Å². The number of piperidine rings is 1. The van der Waals surface area contributed by atoms with Crippen LogP contribution in [0.1, 0.15) is 41.1 Å². The lowest BCUT2D eigenvalue weighted by Crippen LogP contribution is -2.52. The summed E-state index contributed by atoms with van der Waals surface area (Å²) in [6, 6.07) is 17.4. The summed E-state index contributed by atoms with van der Waals surface area (Å²) in [5, 5.41) is 13.4. The van der Waals surface area contributed by atoms with Crippen molar-refractivity contribution in [3.8, 4) is 17.7 Å². The number of nitrogens with two attached hydrogens (primary N) is 3. The van der Waals surface area contributed by atoms with E-state index >= 15 is 0 Å². The van der Waals surface area contributed by atoms with Gasteiger partial charge in [0.1, 0.15) is 22.0 Å². The SMILES string of the molecule is Cc1cc(Oc2ccccc2)ccc1C1(N)C(=O)C(N)c2c(NC(=O)C3CCN(C#N)CC3)sc3c(N)ccc1c23. The van der Waals surface area contributed by atoms with Crippen LogP contribution in [-0.2, 0) is 15.1 Å². The highest BCUT2D eigenvalue weighted by Gasteiger charge is 2.49. The van der Waals surface area contributed by atoms with Crippen LogP contribution in [0.15, 0.2) is 60.7 Å². The number of anilines is 2. The second-order valence-corrected chi connectivity index (χ2v) is 11.7.